The molecular weight excluding hydrogens is 909 g/mol. The molecule has 19 heteroatoms. The maximum atomic E-state index is 12.8. The molecule has 6 N–H and O–H groups in total. The number of alkyl carbamates (subject to hydrolysis) is 1. The van der Waals surface area contributed by atoms with Crippen molar-refractivity contribution in [3.8, 4) is 0 Å². The molecule has 0 saturated carbocycles. The third-order valence-electron chi connectivity index (χ3n) is 11.1. The van der Waals surface area contributed by atoms with E-state index in [4.69, 9.17) is 33.1 Å². The first-order valence-corrected chi connectivity index (χ1v) is 27.4. The summed E-state index contributed by atoms with van der Waals surface area (Å²) in [5.41, 5.74) is 0. The van der Waals surface area contributed by atoms with Gasteiger partial charge >= 0.3 is 53.6 Å². The number of unbranched alkanes of at least 4 members (excludes halogenated alkanes) is 28. The van der Waals surface area contributed by atoms with Crippen LogP contribution in [-0.4, -0.2) is 87.4 Å². The Balaban J connectivity index is -0.0000211. The van der Waals surface area contributed by atoms with Gasteiger partial charge in [-0.3, -0.25) is 23.7 Å². The molecule has 2 atom stereocenters. The predicted octanol–water partition coefficient (Wildman–Crippen LogP) is 8.31. The zero-order valence-electron chi connectivity index (χ0n) is 43.0. The molecule has 0 fully saturated rings. The standard InChI is InChI=1S/C49H93N2O14P.H3N.Na/c1-3-5-7-9-11-13-15-17-19-21-23-25-27-29-31-33-47(55)62-41-44(65-48(56)34-32-30-28-26-24-22-20-18-16-14-12-10-8-6-4-2)42-64-66(58,59)63-38-37-50-49(57)61-40-39-60-43-51-45(52)35-36-46(53)54;;/h44H,3-43H2,1-2H3,(H,50,57)(H,51,52)(H,53,54)(H,58,59);1H3;/q;;+1/p-1/t44-;;/m1../s1. The van der Waals surface area contributed by atoms with E-state index in [0.717, 1.165) is 38.5 Å². The third-order valence-corrected chi connectivity index (χ3v) is 12.1. The minimum Gasteiger partial charge on any atom is -0.756 e. The summed E-state index contributed by atoms with van der Waals surface area (Å²) in [7, 11) is -4.91. The van der Waals surface area contributed by atoms with Crippen molar-refractivity contribution in [2.75, 3.05) is 46.3 Å². The number of phosphoric acid groups is 1. The first-order chi connectivity index (χ1) is 32.0. The van der Waals surface area contributed by atoms with Gasteiger partial charge in [0, 0.05) is 25.8 Å². The Hall–Kier alpha value is -1.82. The number of carbonyl (C=O) groups is 5. The summed E-state index contributed by atoms with van der Waals surface area (Å²) >= 11 is 0. The second kappa shape index (κ2) is 53.0. The fourth-order valence-electron chi connectivity index (χ4n) is 7.18. The van der Waals surface area contributed by atoms with Gasteiger partial charge < -0.3 is 54.8 Å². The third kappa shape index (κ3) is 53.5. The SMILES string of the molecule is CCCCCCCCCCCCCCCCCC(=O)OC[C@H](COP(=O)([O-])OCCNC(=O)OCCOCNC(=O)CCC(=O)O)OC(=O)CCCCCCCCCCCCCCCCC.N.[Na+]. The van der Waals surface area contributed by atoms with Gasteiger partial charge in [-0.1, -0.05) is 194 Å². The zero-order valence-corrected chi connectivity index (χ0v) is 45.9. The fourth-order valence-corrected chi connectivity index (χ4v) is 7.92. The smallest absolute Gasteiger partial charge is 0.756 e. The number of ether oxygens (including phenoxy) is 4. The van der Waals surface area contributed by atoms with E-state index < -0.39 is 57.0 Å². The van der Waals surface area contributed by atoms with Gasteiger partial charge in [0.2, 0.25) is 5.91 Å². The van der Waals surface area contributed by atoms with Crippen LogP contribution < -0.4 is 51.2 Å². The average Bonchev–Trinajstić information content (AvgIpc) is 3.29. The molecule has 0 aliphatic rings. The fraction of sp³-hybridized carbons (Fsp3) is 0.898. The van der Waals surface area contributed by atoms with E-state index in [1.807, 2.05) is 0 Å². The second-order valence-corrected chi connectivity index (χ2v) is 18.8. The molecule has 1 unspecified atom stereocenters. The molecule has 0 aliphatic carbocycles. The molecule has 0 spiro atoms. The van der Waals surface area contributed by atoms with Gasteiger partial charge in [0.25, 0.3) is 7.82 Å². The largest absolute Gasteiger partial charge is 1.00 e. The van der Waals surface area contributed by atoms with E-state index in [0.29, 0.717) is 12.8 Å². The van der Waals surface area contributed by atoms with E-state index in [1.54, 1.807) is 0 Å². The Bertz CT molecular complexity index is 1260. The number of carboxylic acids is 1. The Morgan fingerprint density at radius 3 is 1.38 bits per heavy atom. The van der Waals surface area contributed by atoms with Crippen molar-refractivity contribution < 1.29 is 96.1 Å². The molecule has 0 bridgehead atoms. The topological polar surface area (TPSA) is 260 Å². The number of esters is 2. The molecule has 0 aromatic heterocycles. The minimum absolute atomic E-state index is 0. The molecule has 0 rings (SSSR count). The summed E-state index contributed by atoms with van der Waals surface area (Å²) in [5.74, 6) is -2.59. The van der Waals surface area contributed by atoms with E-state index in [9.17, 15) is 33.4 Å². The van der Waals surface area contributed by atoms with Crippen molar-refractivity contribution in [3.05, 3.63) is 0 Å². The first-order valence-electron chi connectivity index (χ1n) is 25.9. The van der Waals surface area contributed by atoms with Gasteiger partial charge in [-0.05, 0) is 12.8 Å². The molecule has 17 nitrogen and oxygen atoms in total. The molecular formula is C49H95N3NaO14P. The van der Waals surface area contributed by atoms with Crippen molar-refractivity contribution in [1.82, 2.24) is 16.8 Å². The first kappa shape index (κ1) is 70.4. The van der Waals surface area contributed by atoms with Crippen molar-refractivity contribution in [3.63, 3.8) is 0 Å². The van der Waals surface area contributed by atoms with Gasteiger partial charge in [0.05, 0.1) is 26.2 Å². The number of hydrogen-bond acceptors (Lipinski definition) is 14. The van der Waals surface area contributed by atoms with Crippen LogP contribution in [0, 0.1) is 0 Å². The van der Waals surface area contributed by atoms with Crippen LogP contribution in [0.2, 0.25) is 0 Å². The molecule has 0 radical (unpaired) electrons. The molecule has 396 valence electrons. The van der Waals surface area contributed by atoms with Crippen LogP contribution in [0.15, 0.2) is 0 Å². The van der Waals surface area contributed by atoms with Crippen LogP contribution in [0.25, 0.3) is 0 Å². The average molecular weight is 1000 g/mol. The molecule has 0 aromatic rings. The number of nitrogens with one attached hydrogen (secondary N) is 2. The molecule has 2 amide bonds. The summed E-state index contributed by atoms with van der Waals surface area (Å²) in [6.45, 7) is 2.34. The zero-order chi connectivity index (χ0) is 48.6. The van der Waals surface area contributed by atoms with Crippen molar-refractivity contribution >= 4 is 37.7 Å². The molecule has 0 heterocycles. The van der Waals surface area contributed by atoms with E-state index in [2.05, 4.69) is 24.5 Å². The Labute approximate surface area is 433 Å². The monoisotopic (exact) mass is 1000 g/mol. The Morgan fingerprint density at radius 1 is 0.515 bits per heavy atom. The van der Waals surface area contributed by atoms with E-state index in [1.165, 1.54) is 141 Å². The second-order valence-electron chi connectivity index (χ2n) is 17.4. The molecule has 0 aliphatic heterocycles. The van der Waals surface area contributed by atoms with Gasteiger partial charge in [-0.15, -0.1) is 0 Å². The number of carboxylic acid groups (broad SMARTS) is 1. The van der Waals surface area contributed by atoms with Crippen molar-refractivity contribution in [2.45, 2.75) is 238 Å². The van der Waals surface area contributed by atoms with Gasteiger partial charge in [-0.2, -0.15) is 0 Å². The van der Waals surface area contributed by atoms with Crippen molar-refractivity contribution in [1.29, 1.82) is 0 Å². The normalized spacial score (nSPS) is 12.2. The van der Waals surface area contributed by atoms with E-state index in [-0.39, 0.29) is 94.5 Å². The van der Waals surface area contributed by atoms with Crippen LogP contribution in [0.4, 0.5) is 4.79 Å². The Morgan fingerprint density at radius 2 is 0.941 bits per heavy atom. The molecule has 0 saturated heterocycles. The van der Waals surface area contributed by atoms with Crippen LogP contribution in [0.3, 0.4) is 0 Å². The number of phosphoric ester groups is 1. The number of aliphatic carboxylic acids is 1. The summed E-state index contributed by atoms with van der Waals surface area (Å²) in [4.78, 5) is 71.7. The molecule has 68 heavy (non-hydrogen) atoms. The van der Waals surface area contributed by atoms with Gasteiger partial charge in [0.15, 0.2) is 6.10 Å². The van der Waals surface area contributed by atoms with Gasteiger partial charge in [0.1, 0.15) is 19.9 Å². The maximum absolute atomic E-state index is 12.8. The number of carbonyl (C=O) groups excluding carboxylic acids is 4. The van der Waals surface area contributed by atoms with E-state index >= 15 is 0 Å². The maximum Gasteiger partial charge on any atom is 1.00 e. The summed E-state index contributed by atoms with van der Waals surface area (Å²) in [6, 6.07) is 0. The van der Waals surface area contributed by atoms with Gasteiger partial charge in [-0.25, -0.2) is 4.79 Å². The van der Waals surface area contributed by atoms with Crippen LogP contribution in [0.5, 0.6) is 0 Å². The summed E-state index contributed by atoms with van der Waals surface area (Å²) in [5, 5.41) is 13.3. The van der Waals surface area contributed by atoms with Crippen molar-refractivity contribution in [2.24, 2.45) is 0 Å². The number of hydrogen-bond donors (Lipinski definition) is 4. The summed E-state index contributed by atoms with van der Waals surface area (Å²) in [6.07, 6.45) is 34.0. The van der Waals surface area contributed by atoms with Crippen LogP contribution in [-0.2, 0) is 51.7 Å². The van der Waals surface area contributed by atoms with Crippen LogP contribution >= 0.6 is 7.82 Å². The number of rotatable bonds is 50. The number of amides is 2. The Kier molecular flexibility index (Phi) is 54.9. The minimum atomic E-state index is -4.91. The molecule has 0 aromatic carbocycles. The quantitative estimate of drug-likeness (QED) is 0.0112. The van der Waals surface area contributed by atoms with Crippen LogP contribution in [0.1, 0.15) is 232 Å². The predicted molar refractivity (Wildman–Crippen MR) is 260 cm³/mol. The summed E-state index contributed by atoms with van der Waals surface area (Å²) < 4.78 is 43.2.